The number of nitrogens with zero attached hydrogens (tertiary/aromatic N) is 3. The van der Waals surface area contributed by atoms with Crippen LogP contribution in [0.15, 0.2) is 67.0 Å². The summed E-state index contributed by atoms with van der Waals surface area (Å²) in [6, 6.07) is 17.8. The molecule has 28 heavy (non-hydrogen) atoms. The van der Waals surface area contributed by atoms with Crippen molar-refractivity contribution in [2.24, 2.45) is 0 Å². The minimum Gasteiger partial charge on any atom is -0.334 e. The van der Waals surface area contributed by atoms with Gasteiger partial charge in [0.2, 0.25) is 5.91 Å². The zero-order valence-corrected chi connectivity index (χ0v) is 16.3. The first-order valence-corrected chi connectivity index (χ1v) is 9.96. The number of hydrogen-bond donors (Lipinski definition) is 0. The molecule has 1 aliphatic heterocycles. The molecule has 1 amide bonds. The number of benzene rings is 1. The lowest BCUT2D eigenvalue weighted by molar-refractivity contribution is -0.131. The summed E-state index contributed by atoms with van der Waals surface area (Å²) >= 11 is 6.30. The fourth-order valence-electron chi connectivity index (χ4n) is 3.77. The van der Waals surface area contributed by atoms with Gasteiger partial charge in [-0.05, 0) is 48.2 Å². The van der Waals surface area contributed by atoms with Crippen LogP contribution in [0.2, 0.25) is 5.02 Å². The van der Waals surface area contributed by atoms with Crippen molar-refractivity contribution in [1.29, 1.82) is 0 Å². The van der Waals surface area contributed by atoms with Crippen LogP contribution in [0, 0.1) is 0 Å². The Balaban J connectivity index is 1.51. The van der Waals surface area contributed by atoms with Crippen LogP contribution < -0.4 is 0 Å². The van der Waals surface area contributed by atoms with Crippen molar-refractivity contribution in [3.8, 4) is 0 Å². The second-order valence-corrected chi connectivity index (χ2v) is 7.51. The molecule has 142 valence electrons. The third-order valence-electron chi connectivity index (χ3n) is 5.15. The third-order valence-corrected chi connectivity index (χ3v) is 5.52. The maximum Gasteiger partial charge on any atom is 0.227 e. The van der Waals surface area contributed by atoms with Gasteiger partial charge in [0.1, 0.15) is 0 Å². The summed E-state index contributed by atoms with van der Waals surface area (Å²) in [6.07, 6.45) is 6.49. The summed E-state index contributed by atoms with van der Waals surface area (Å²) in [6.45, 7) is 0.778. The Morgan fingerprint density at radius 3 is 2.82 bits per heavy atom. The monoisotopic (exact) mass is 391 g/mol. The van der Waals surface area contributed by atoms with E-state index in [1.807, 2.05) is 59.5 Å². The molecule has 3 heterocycles. The van der Waals surface area contributed by atoms with E-state index in [1.165, 1.54) is 0 Å². The van der Waals surface area contributed by atoms with Crippen molar-refractivity contribution in [2.45, 2.75) is 31.7 Å². The number of rotatable bonds is 5. The number of pyridine rings is 2. The second-order valence-electron chi connectivity index (χ2n) is 7.11. The highest BCUT2D eigenvalue weighted by Crippen LogP contribution is 2.31. The van der Waals surface area contributed by atoms with E-state index in [0.29, 0.717) is 12.8 Å². The van der Waals surface area contributed by atoms with Gasteiger partial charge in [0, 0.05) is 36.1 Å². The highest BCUT2D eigenvalue weighted by atomic mass is 35.5. The normalized spacial score (nSPS) is 16.3. The number of aromatic nitrogens is 2. The van der Waals surface area contributed by atoms with Gasteiger partial charge in [0.25, 0.3) is 0 Å². The van der Waals surface area contributed by atoms with Crippen molar-refractivity contribution < 1.29 is 4.79 Å². The van der Waals surface area contributed by atoms with Gasteiger partial charge in [0.15, 0.2) is 0 Å². The summed E-state index contributed by atoms with van der Waals surface area (Å²) in [5.74, 6) is 0.133. The number of amides is 1. The highest BCUT2D eigenvalue weighted by molar-refractivity contribution is 6.31. The molecule has 5 heteroatoms. The number of carbonyl (C=O) groups excluding carboxylic acids is 1. The fourth-order valence-corrected chi connectivity index (χ4v) is 3.97. The summed E-state index contributed by atoms with van der Waals surface area (Å²) in [5.41, 5.74) is 3.93. The maximum absolute atomic E-state index is 12.9. The van der Waals surface area contributed by atoms with Crippen molar-refractivity contribution in [2.75, 3.05) is 6.54 Å². The molecule has 1 aromatic carbocycles. The standard InChI is InChI=1S/C23H22ClN3O/c24-20-9-2-1-7-18(20)15-19-8-3-10-21(26-19)22-11-5-13-27(22)23(28)14-17-6-4-12-25-16-17/h1-4,6-10,12,16,22H,5,11,13-15H2/t22-/m0/s1. The quantitative estimate of drug-likeness (QED) is 0.637. The van der Waals surface area contributed by atoms with E-state index in [1.54, 1.807) is 12.4 Å². The highest BCUT2D eigenvalue weighted by Gasteiger charge is 2.30. The molecule has 0 N–H and O–H groups in total. The van der Waals surface area contributed by atoms with E-state index in [2.05, 4.69) is 4.98 Å². The number of hydrogen-bond acceptors (Lipinski definition) is 3. The largest absolute Gasteiger partial charge is 0.334 e. The van der Waals surface area contributed by atoms with E-state index < -0.39 is 0 Å². The van der Waals surface area contributed by atoms with Crippen LogP contribution in [0.1, 0.15) is 41.4 Å². The first-order valence-electron chi connectivity index (χ1n) is 9.58. The first-order chi connectivity index (χ1) is 13.7. The number of likely N-dealkylation sites (tertiary alicyclic amines) is 1. The average Bonchev–Trinajstić information content (AvgIpc) is 3.21. The summed E-state index contributed by atoms with van der Waals surface area (Å²) in [5, 5.41) is 0.754. The zero-order chi connectivity index (χ0) is 19.3. The lowest BCUT2D eigenvalue weighted by Gasteiger charge is -2.25. The smallest absolute Gasteiger partial charge is 0.227 e. The zero-order valence-electron chi connectivity index (χ0n) is 15.6. The van der Waals surface area contributed by atoms with E-state index in [-0.39, 0.29) is 11.9 Å². The van der Waals surface area contributed by atoms with Gasteiger partial charge in [-0.3, -0.25) is 14.8 Å². The molecule has 4 nitrogen and oxygen atoms in total. The Morgan fingerprint density at radius 2 is 2.00 bits per heavy atom. The lowest BCUT2D eigenvalue weighted by Crippen LogP contribution is -2.32. The molecule has 0 spiro atoms. The molecule has 4 rings (SSSR count). The van der Waals surface area contributed by atoms with Gasteiger partial charge in [-0.15, -0.1) is 0 Å². The third kappa shape index (κ3) is 4.23. The molecule has 1 fully saturated rings. The number of halogens is 1. The molecule has 2 aromatic heterocycles. The molecule has 0 bridgehead atoms. The SMILES string of the molecule is O=C(Cc1cccnc1)N1CCC[C@H]1c1cccc(Cc2ccccc2Cl)n1. The van der Waals surface area contributed by atoms with Gasteiger partial charge in [-0.2, -0.15) is 0 Å². The fraction of sp³-hybridized carbons (Fsp3) is 0.261. The molecule has 1 saturated heterocycles. The molecule has 0 aliphatic carbocycles. The van der Waals surface area contributed by atoms with Crippen LogP contribution in [0.4, 0.5) is 0 Å². The molecule has 1 aliphatic rings. The Morgan fingerprint density at radius 1 is 1.11 bits per heavy atom. The van der Waals surface area contributed by atoms with E-state index in [4.69, 9.17) is 16.6 Å². The van der Waals surface area contributed by atoms with Crippen molar-refractivity contribution in [1.82, 2.24) is 14.9 Å². The van der Waals surface area contributed by atoms with E-state index in [9.17, 15) is 4.79 Å². The Bertz CT molecular complexity index is 961. The minimum absolute atomic E-state index is 0.0374. The predicted molar refractivity (Wildman–Crippen MR) is 110 cm³/mol. The van der Waals surface area contributed by atoms with Crippen molar-refractivity contribution in [3.05, 3.63) is 94.5 Å². The molecular formula is C23H22ClN3O. The molecular weight excluding hydrogens is 370 g/mol. The van der Waals surface area contributed by atoms with Gasteiger partial charge < -0.3 is 4.90 Å². The lowest BCUT2D eigenvalue weighted by atomic mass is 10.1. The molecule has 0 saturated carbocycles. The van der Waals surface area contributed by atoms with Crippen LogP contribution in [-0.2, 0) is 17.6 Å². The molecule has 0 radical (unpaired) electrons. The Kier molecular flexibility index (Phi) is 5.68. The predicted octanol–water partition coefficient (Wildman–Crippen LogP) is 4.63. The molecule has 3 aromatic rings. The molecule has 1 atom stereocenters. The second kappa shape index (κ2) is 8.53. The van der Waals surface area contributed by atoms with E-state index in [0.717, 1.165) is 46.9 Å². The maximum atomic E-state index is 12.9. The van der Waals surface area contributed by atoms with E-state index >= 15 is 0 Å². The minimum atomic E-state index is 0.0374. The average molecular weight is 392 g/mol. The molecule has 0 unspecified atom stereocenters. The van der Waals surface area contributed by atoms with Crippen LogP contribution in [0.3, 0.4) is 0 Å². The summed E-state index contributed by atoms with van der Waals surface area (Å²) in [7, 11) is 0. The Labute approximate surface area is 170 Å². The summed E-state index contributed by atoms with van der Waals surface area (Å²) in [4.78, 5) is 23.8. The van der Waals surface area contributed by atoms with Crippen LogP contribution in [-0.4, -0.2) is 27.3 Å². The van der Waals surface area contributed by atoms with Crippen molar-refractivity contribution in [3.63, 3.8) is 0 Å². The van der Waals surface area contributed by atoms with Gasteiger partial charge in [0.05, 0.1) is 18.2 Å². The van der Waals surface area contributed by atoms with Crippen LogP contribution in [0.25, 0.3) is 0 Å². The van der Waals surface area contributed by atoms with Gasteiger partial charge in [-0.25, -0.2) is 0 Å². The topological polar surface area (TPSA) is 46.1 Å². The summed E-state index contributed by atoms with van der Waals surface area (Å²) < 4.78 is 0. The van der Waals surface area contributed by atoms with Crippen LogP contribution in [0.5, 0.6) is 0 Å². The van der Waals surface area contributed by atoms with Gasteiger partial charge >= 0.3 is 0 Å². The first kappa shape index (κ1) is 18.6. The Hall–Kier alpha value is -2.72. The van der Waals surface area contributed by atoms with Gasteiger partial charge in [-0.1, -0.05) is 41.9 Å². The van der Waals surface area contributed by atoms with Crippen LogP contribution >= 0.6 is 11.6 Å². The number of carbonyl (C=O) groups is 1. The van der Waals surface area contributed by atoms with Crippen molar-refractivity contribution >= 4 is 17.5 Å².